The molecular formula is C14H11Cl2NOS. The van der Waals surface area contributed by atoms with Gasteiger partial charge in [0.2, 0.25) is 0 Å². The molecule has 0 spiro atoms. The maximum atomic E-state index is 5.92. The van der Waals surface area contributed by atoms with Crippen molar-refractivity contribution < 1.29 is 4.74 Å². The van der Waals surface area contributed by atoms with E-state index in [9.17, 15) is 0 Å². The van der Waals surface area contributed by atoms with E-state index in [-0.39, 0.29) is 0 Å². The van der Waals surface area contributed by atoms with Gasteiger partial charge in [-0.1, -0.05) is 35.0 Å². The number of hydrogen-bond acceptors (Lipinski definition) is 3. The predicted octanol–water partition coefficient (Wildman–Crippen LogP) is 3.94. The summed E-state index contributed by atoms with van der Waals surface area (Å²) >= 11 is 13.3. The molecule has 2 N–H and O–H groups in total. The number of rotatable bonds is 3. The van der Waals surface area contributed by atoms with Crippen molar-refractivity contribution in [2.24, 2.45) is 5.73 Å². The van der Waals surface area contributed by atoms with E-state index in [0.29, 0.717) is 28.9 Å². The van der Waals surface area contributed by atoms with Gasteiger partial charge in [-0.05, 0) is 24.3 Å². The molecule has 2 rings (SSSR count). The van der Waals surface area contributed by atoms with Gasteiger partial charge in [0.1, 0.15) is 12.4 Å². The van der Waals surface area contributed by atoms with Gasteiger partial charge < -0.3 is 10.5 Å². The van der Waals surface area contributed by atoms with E-state index in [4.69, 9.17) is 33.7 Å². The number of halogens is 2. The van der Waals surface area contributed by atoms with Gasteiger partial charge in [-0.25, -0.2) is 0 Å². The van der Waals surface area contributed by atoms with Crippen molar-refractivity contribution in [1.82, 2.24) is 0 Å². The number of thiophene rings is 1. The highest BCUT2D eigenvalue weighted by Gasteiger charge is 2.02. The third-order valence-electron chi connectivity index (χ3n) is 2.25. The van der Waals surface area contributed by atoms with Crippen molar-refractivity contribution in [3.63, 3.8) is 0 Å². The van der Waals surface area contributed by atoms with Crippen LogP contribution in [0.3, 0.4) is 0 Å². The summed E-state index contributed by atoms with van der Waals surface area (Å²) in [5.74, 6) is 6.50. The van der Waals surface area contributed by atoms with Gasteiger partial charge >= 0.3 is 0 Å². The third-order valence-corrected chi connectivity index (χ3v) is 3.96. The first-order valence-electron chi connectivity index (χ1n) is 5.54. The molecular weight excluding hydrogens is 301 g/mol. The standard InChI is InChI=1S/C14H11Cl2NOS/c15-13-6-3-10(8-14(13)16)18-9-12-5-4-11(19-12)2-1-7-17/h3-6,8H,7,9,17H2. The first-order valence-corrected chi connectivity index (χ1v) is 7.12. The maximum absolute atomic E-state index is 5.92. The fourth-order valence-corrected chi connectivity index (χ4v) is 2.47. The minimum atomic E-state index is 0.368. The highest BCUT2D eigenvalue weighted by Crippen LogP contribution is 2.27. The van der Waals surface area contributed by atoms with E-state index in [0.717, 1.165) is 9.75 Å². The Morgan fingerprint density at radius 1 is 1.16 bits per heavy atom. The normalized spacial score (nSPS) is 9.84. The molecule has 1 heterocycles. The molecule has 0 radical (unpaired) electrons. The summed E-state index contributed by atoms with van der Waals surface area (Å²) in [6.07, 6.45) is 0. The first kappa shape index (κ1) is 14.2. The van der Waals surface area contributed by atoms with Crippen molar-refractivity contribution in [1.29, 1.82) is 0 Å². The summed E-state index contributed by atoms with van der Waals surface area (Å²) in [6, 6.07) is 9.15. The van der Waals surface area contributed by atoms with Crippen LogP contribution in [0.4, 0.5) is 0 Å². The molecule has 1 aromatic carbocycles. The minimum absolute atomic E-state index is 0.368. The Morgan fingerprint density at radius 2 is 2.00 bits per heavy atom. The number of nitrogens with two attached hydrogens (primary N) is 1. The van der Waals surface area contributed by atoms with Crippen LogP contribution in [0.5, 0.6) is 5.75 Å². The molecule has 98 valence electrons. The van der Waals surface area contributed by atoms with E-state index in [2.05, 4.69) is 11.8 Å². The molecule has 2 aromatic rings. The van der Waals surface area contributed by atoms with Gasteiger partial charge in [0, 0.05) is 10.9 Å². The first-order chi connectivity index (χ1) is 9.19. The lowest BCUT2D eigenvalue weighted by molar-refractivity contribution is 0.310. The largest absolute Gasteiger partial charge is 0.488 e. The predicted molar refractivity (Wildman–Crippen MR) is 81.0 cm³/mol. The van der Waals surface area contributed by atoms with E-state index in [1.807, 2.05) is 12.1 Å². The molecule has 0 bridgehead atoms. The number of ether oxygens (including phenoxy) is 1. The van der Waals surface area contributed by atoms with E-state index < -0.39 is 0 Å². The van der Waals surface area contributed by atoms with Crippen LogP contribution in [0.2, 0.25) is 10.0 Å². The van der Waals surface area contributed by atoms with Crippen molar-refractivity contribution in [3.8, 4) is 17.6 Å². The van der Waals surface area contributed by atoms with Crippen LogP contribution in [0, 0.1) is 11.8 Å². The number of benzene rings is 1. The van der Waals surface area contributed by atoms with Crippen LogP contribution in [0.15, 0.2) is 30.3 Å². The fourth-order valence-electron chi connectivity index (χ4n) is 1.38. The van der Waals surface area contributed by atoms with E-state index in [1.54, 1.807) is 29.5 Å². The highest BCUT2D eigenvalue weighted by molar-refractivity contribution is 7.12. The zero-order valence-corrected chi connectivity index (χ0v) is 12.3. The molecule has 0 saturated heterocycles. The Hall–Kier alpha value is -1.18. The Bertz CT molecular complexity index is 628. The van der Waals surface area contributed by atoms with Crippen LogP contribution >= 0.6 is 34.5 Å². The Labute approximate surface area is 126 Å². The summed E-state index contributed by atoms with van der Waals surface area (Å²) in [7, 11) is 0. The van der Waals surface area contributed by atoms with Gasteiger partial charge in [-0.15, -0.1) is 11.3 Å². The van der Waals surface area contributed by atoms with Gasteiger partial charge in [0.05, 0.1) is 21.5 Å². The van der Waals surface area contributed by atoms with Crippen LogP contribution in [0.25, 0.3) is 0 Å². The Balaban J connectivity index is 1.98. The average molecular weight is 312 g/mol. The van der Waals surface area contributed by atoms with Crippen molar-refractivity contribution in [3.05, 3.63) is 50.1 Å². The molecule has 0 unspecified atom stereocenters. The molecule has 0 aliphatic rings. The Kier molecular flexibility index (Phi) is 5.12. The quantitative estimate of drug-likeness (QED) is 0.871. The van der Waals surface area contributed by atoms with Crippen LogP contribution < -0.4 is 10.5 Å². The SMILES string of the molecule is NCC#Cc1ccc(COc2ccc(Cl)c(Cl)c2)s1. The Morgan fingerprint density at radius 3 is 2.74 bits per heavy atom. The van der Waals surface area contributed by atoms with Crippen molar-refractivity contribution in [2.45, 2.75) is 6.61 Å². The van der Waals surface area contributed by atoms with Crippen LogP contribution in [0.1, 0.15) is 9.75 Å². The molecule has 0 amide bonds. The zero-order chi connectivity index (χ0) is 13.7. The van der Waals surface area contributed by atoms with Crippen molar-refractivity contribution in [2.75, 3.05) is 6.54 Å². The molecule has 0 fully saturated rings. The fraction of sp³-hybridized carbons (Fsp3) is 0.143. The van der Waals surface area contributed by atoms with Gasteiger partial charge in [0.15, 0.2) is 0 Å². The highest BCUT2D eigenvalue weighted by atomic mass is 35.5. The summed E-state index contributed by atoms with van der Waals surface area (Å²) in [5, 5.41) is 1.00. The van der Waals surface area contributed by atoms with Crippen LogP contribution in [-0.4, -0.2) is 6.54 Å². The zero-order valence-electron chi connectivity index (χ0n) is 9.95. The average Bonchev–Trinajstić information content (AvgIpc) is 2.86. The number of hydrogen-bond donors (Lipinski definition) is 1. The second-order valence-corrected chi connectivity index (χ2v) is 5.62. The van der Waals surface area contributed by atoms with Gasteiger partial charge in [-0.2, -0.15) is 0 Å². The van der Waals surface area contributed by atoms with Crippen molar-refractivity contribution >= 4 is 34.5 Å². The van der Waals surface area contributed by atoms with Gasteiger partial charge in [0.25, 0.3) is 0 Å². The molecule has 19 heavy (non-hydrogen) atoms. The molecule has 2 nitrogen and oxygen atoms in total. The lowest BCUT2D eigenvalue weighted by atomic mass is 10.3. The lowest BCUT2D eigenvalue weighted by Crippen LogP contribution is -1.92. The monoisotopic (exact) mass is 311 g/mol. The third kappa shape index (κ3) is 4.15. The molecule has 1 aromatic heterocycles. The molecule has 0 aliphatic carbocycles. The summed E-state index contributed by atoms with van der Waals surface area (Å²) in [4.78, 5) is 2.07. The minimum Gasteiger partial charge on any atom is -0.488 e. The maximum Gasteiger partial charge on any atom is 0.122 e. The molecule has 0 saturated carbocycles. The second-order valence-electron chi connectivity index (χ2n) is 3.64. The second kappa shape index (κ2) is 6.83. The molecule has 5 heteroatoms. The molecule has 0 atom stereocenters. The van der Waals surface area contributed by atoms with E-state index >= 15 is 0 Å². The summed E-state index contributed by atoms with van der Waals surface area (Å²) in [5.41, 5.74) is 5.33. The van der Waals surface area contributed by atoms with Crippen LogP contribution in [-0.2, 0) is 6.61 Å². The van der Waals surface area contributed by atoms with E-state index in [1.165, 1.54) is 0 Å². The lowest BCUT2D eigenvalue weighted by Gasteiger charge is -2.05. The smallest absolute Gasteiger partial charge is 0.122 e. The van der Waals surface area contributed by atoms with Gasteiger partial charge in [-0.3, -0.25) is 0 Å². The summed E-state index contributed by atoms with van der Waals surface area (Å²) < 4.78 is 5.64. The summed E-state index contributed by atoms with van der Waals surface area (Å²) in [6.45, 7) is 0.847. The topological polar surface area (TPSA) is 35.2 Å². The molecule has 0 aliphatic heterocycles.